The average Bonchev–Trinajstić information content (AvgIpc) is 3.36. The van der Waals surface area contributed by atoms with E-state index in [1.165, 1.54) is 0 Å². The van der Waals surface area contributed by atoms with E-state index in [0.717, 1.165) is 44.1 Å². The Hall–Kier alpha value is -2.79. The van der Waals surface area contributed by atoms with Crippen molar-refractivity contribution in [1.82, 2.24) is 15.1 Å². The van der Waals surface area contributed by atoms with Crippen LogP contribution in [-0.4, -0.2) is 63.0 Å². The number of halogens is 1. The summed E-state index contributed by atoms with van der Waals surface area (Å²) in [6.45, 7) is 0.428. The minimum atomic E-state index is -1.23. The average molecular weight is 485 g/mol. The number of carbonyl (C=O) groups excluding carboxylic acids is 2. The topological polar surface area (TPSA) is 114 Å². The van der Waals surface area contributed by atoms with Crippen LogP contribution in [-0.2, 0) is 9.59 Å². The molecule has 2 N–H and O–H groups in total. The number of fused-ring (bicyclic) bond motifs is 1. The molecule has 5 atom stereocenters. The summed E-state index contributed by atoms with van der Waals surface area (Å²) in [6.07, 6.45) is 4.58. The van der Waals surface area contributed by atoms with Gasteiger partial charge in [-0.15, -0.1) is 0 Å². The number of nitrogens with one attached hydrogen (secondary N) is 1. The lowest BCUT2D eigenvalue weighted by Crippen LogP contribution is -2.57. The molecular formula is C25H29ClN4O4. The quantitative estimate of drug-likeness (QED) is 0.681. The van der Waals surface area contributed by atoms with E-state index < -0.39 is 23.7 Å². The van der Waals surface area contributed by atoms with E-state index in [9.17, 15) is 24.8 Å². The van der Waals surface area contributed by atoms with Gasteiger partial charge in [0.05, 0.1) is 17.5 Å². The summed E-state index contributed by atoms with van der Waals surface area (Å²) in [5.41, 5.74) is 0.472. The molecule has 0 radical (unpaired) electrons. The zero-order valence-electron chi connectivity index (χ0n) is 19.0. The van der Waals surface area contributed by atoms with Gasteiger partial charge in [-0.1, -0.05) is 36.6 Å². The fraction of sp³-hybridized carbons (Fsp3) is 0.600. The van der Waals surface area contributed by atoms with Crippen LogP contribution in [0.15, 0.2) is 24.3 Å². The predicted octanol–water partition coefficient (Wildman–Crippen LogP) is 3.51. The molecule has 0 bridgehead atoms. The summed E-state index contributed by atoms with van der Waals surface area (Å²) in [6, 6.07) is 8.49. The molecule has 180 valence electrons. The van der Waals surface area contributed by atoms with Crippen LogP contribution in [0.25, 0.3) is 0 Å². The van der Waals surface area contributed by atoms with Gasteiger partial charge in [-0.2, -0.15) is 5.26 Å². The molecule has 5 rings (SSSR count). The lowest BCUT2D eigenvalue weighted by molar-refractivity contribution is -0.148. The highest BCUT2D eigenvalue weighted by molar-refractivity contribution is 6.30. The number of carbonyl (C=O) groups is 3. The van der Waals surface area contributed by atoms with Gasteiger partial charge in [-0.25, -0.2) is 4.79 Å². The Morgan fingerprint density at radius 1 is 1.18 bits per heavy atom. The fourth-order valence-electron chi connectivity index (χ4n) is 6.53. The van der Waals surface area contributed by atoms with Gasteiger partial charge in [0, 0.05) is 23.5 Å². The van der Waals surface area contributed by atoms with Crippen LogP contribution in [0.3, 0.4) is 0 Å². The molecule has 4 aliphatic rings. The van der Waals surface area contributed by atoms with Crippen molar-refractivity contribution < 1.29 is 19.5 Å². The minimum Gasteiger partial charge on any atom is -0.465 e. The summed E-state index contributed by atoms with van der Waals surface area (Å²) in [7, 11) is 0. The van der Waals surface area contributed by atoms with Gasteiger partial charge in [0.1, 0.15) is 12.1 Å². The van der Waals surface area contributed by atoms with Crippen LogP contribution < -0.4 is 5.32 Å². The van der Waals surface area contributed by atoms with E-state index in [1.807, 2.05) is 23.1 Å². The van der Waals surface area contributed by atoms with E-state index >= 15 is 0 Å². The highest BCUT2D eigenvalue weighted by Crippen LogP contribution is 2.58. The molecule has 8 nitrogen and oxygen atoms in total. The van der Waals surface area contributed by atoms with Crippen LogP contribution in [0.1, 0.15) is 62.8 Å². The largest absolute Gasteiger partial charge is 0.465 e. The van der Waals surface area contributed by atoms with Crippen LogP contribution in [0.4, 0.5) is 4.79 Å². The third-order valence-electron chi connectivity index (χ3n) is 8.26. The Morgan fingerprint density at radius 2 is 1.94 bits per heavy atom. The monoisotopic (exact) mass is 484 g/mol. The van der Waals surface area contributed by atoms with E-state index in [2.05, 4.69) is 11.4 Å². The second-order valence-electron chi connectivity index (χ2n) is 10.1. The zero-order chi connectivity index (χ0) is 24.0. The number of hydrogen-bond acceptors (Lipinski definition) is 4. The predicted molar refractivity (Wildman–Crippen MR) is 124 cm³/mol. The van der Waals surface area contributed by atoms with E-state index in [0.29, 0.717) is 24.4 Å². The first-order valence-corrected chi connectivity index (χ1v) is 12.5. The zero-order valence-corrected chi connectivity index (χ0v) is 19.7. The van der Waals surface area contributed by atoms with Crippen molar-refractivity contribution in [2.24, 2.45) is 5.92 Å². The normalized spacial score (nSPS) is 32.0. The molecule has 1 spiro atoms. The smallest absolute Gasteiger partial charge is 0.405 e. The molecule has 1 aliphatic carbocycles. The number of rotatable bonds is 3. The van der Waals surface area contributed by atoms with Crippen molar-refractivity contribution >= 4 is 29.5 Å². The summed E-state index contributed by atoms with van der Waals surface area (Å²) in [5, 5.41) is 22.3. The third-order valence-corrected chi connectivity index (χ3v) is 8.50. The van der Waals surface area contributed by atoms with Crippen molar-refractivity contribution in [3.63, 3.8) is 0 Å². The van der Waals surface area contributed by atoms with Gasteiger partial charge < -0.3 is 20.2 Å². The van der Waals surface area contributed by atoms with Crippen molar-refractivity contribution in [1.29, 1.82) is 5.26 Å². The van der Waals surface area contributed by atoms with Gasteiger partial charge in [-0.05, 0) is 56.2 Å². The first-order chi connectivity index (χ1) is 16.4. The highest BCUT2D eigenvalue weighted by Gasteiger charge is 2.64. The van der Waals surface area contributed by atoms with Gasteiger partial charge in [0.15, 0.2) is 0 Å². The number of likely N-dealkylation sites (tertiary alicyclic amines) is 1. The minimum absolute atomic E-state index is 0.0481. The second kappa shape index (κ2) is 8.77. The van der Waals surface area contributed by atoms with Gasteiger partial charge in [-0.3, -0.25) is 9.59 Å². The first-order valence-electron chi connectivity index (χ1n) is 12.1. The molecular weight excluding hydrogens is 456 g/mol. The van der Waals surface area contributed by atoms with Crippen molar-refractivity contribution in [3.8, 4) is 6.07 Å². The molecule has 4 fully saturated rings. The number of nitrogens with zero attached hydrogens (tertiary/aromatic N) is 3. The summed E-state index contributed by atoms with van der Waals surface area (Å²) < 4.78 is 0. The molecule has 34 heavy (non-hydrogen) atoms. The Bertz CT molecular complexity index is 1050. The molecule has 1 aromatic rings. The molecule has 3 aliphatic heterocycles. The number of carboxylic acid groups (broad SMARTS) is 1. The maximum absolute atomic E-state index is 14.0. The molecule has 0 aromatic heterocycles. The molecule has 1 saturated carbocycles. The van der Waals surface area contributed by atoms with E-state index in [1.54, 1.807) is 11.0 Å². The standard InChI is InChI=1S/C25H29ClN4O4/c26-16-5-3-4-15(12-16)18-14-29(25(10-11-25)19(18)13-27)23(32)21-9-8-17-6-1-2-7-20(28-24(33)34)22(31)30(17)21/h3-5,12,17-21,28H,1-2,6-11,14H2,(H,33,34)/t17-,18+,19+,20-,21-/m0/s1. The lowest BCUT2D eigenvalue weighted by Gasteiger charge is -2.37. The Morgan fingerprint density at radius 3 is 2.62 bits per heavy atom. The Balaban J connectivity index is 1.43. The molecule has 9 heteroatoms. The first kappa shape index (κ1) is 23.0. The lowest BCUT2D eigenvalue weighted by atomic mass is 9.85. The van der Waals surface area contributed by atoms with Crippen molar-refractivity contribution in [2.45, 2.75) is 80.9 Å². The van der Waals surface area contributed by atoms with Crippen LogP contribution in [0, 0.1) is 17.2 Å². The maximum atomic E-state index is 14.0. The number of amides is 3. The van der Waals surface area contributed by atoms with Crippen LogP contribution in [0.5, 0.6) is 0 Å². The van der Waals surface area contributed by atoms with Crippen molar-refractivity contribution in [3.05, 3.63) is 34.9 Å². The van der Waals surface area contributed by atoms with E-state index in [4.69, 9.17) is 11.6 Å². The fourth-order valence-corrected chi connectivity index (χ4v) is 6.73. The summed E-state index contributed by atoms with van der Waals surface area (Å²) in [5.74, 6) is -0.851. The molecule has 3 amide bonds. The number of nitriles is 1. The molecule has 3 saturated heterocycles. The third kappa shape index (κ3) is 3.80. The highest BCUT2D eigenvalue weighted by atomic mass is 35.5. The summed E-state index contributed by atoms with van der Waals surface area (Å²) in [4.78, 5) is 42.3. The van der Waals surface area contributed by atoms with Crippen molar-refractivity contribution in [2.75, 3.05) is 6.54 Å². The van der Waals surface area contributed by atoms with Gasteiger partial charge in [0.25, 0.3) is 0 Å². The van der Waals surface area contributed by atoms with Gasteiger partial charge in [0.2, 0.25) is 11.8 Å². The van der Waals surface area contributed by atoms with Crippen LogP contribution in [0.2, 0.25) is 5.02 Å². The Labute approximate surface area is 203 Å². The van der Waals surface area contributed by atoms with Gasteiger partial charge >= 0.3 is 6.09 Å². The summed E-state index contributed by atoms with van der Waals surface area (Å²) >= 11 is 6.22. The number of hydrogen-bond donors (Lipinski definition) is 2. The molecule has 0 unspecified atom stereocenters. The Kier molecular flexibility index (Phi) is 5.93. The number of benzene rings is 1. The second-order valence-corrected chi connectivity index (χ2v) is 10.5. The van der Waals surface area contributed by atoms with E-state index in [-0.39, 0.29) is 29.7 Å². The van der Waals surface area contributed by atoms with Crippen LogP contribution >= 0.6 is 11.6 Å². The SMILES string of the molecule is N#C[C@@H]1[C@@H](c2cccc(Cl)c2)CN(C(=O)[C@@H]2CC[C@@H]3CCCC[C@H](NC(=O)O)C(=O)N32)C12CC2. The maximum Gasteiger partial charge on any atom is 0.405 e. The molecule has 1 aromatic carbocycles. The molecule has 3 heterocycles.